The van der Waals surface area contributed by atoms with Crippen molar-refractivity contribution in [3.8, 4) is 0 Å². The lowest BCUT2D eigenvalue weighted by atomic mass is 10.1. The van der Waals surface area contributed by atoms with E-state index in [2.05, 4.69) is 20.2 Å². The van der Waals surface area contributed by atoms with Gasteiger partial charge in [0.15, 0.2) is 0 Å². The number of carbonyl (C=O) groups is 1. The average Bonchev–Trinajstić information content (AvgIpc) is 2.92. The second-order valence-electron chi connectivity index (χ2n) is 7.07. The third-order valence-electron chi connectivity index (χ3n) is 5.12. The SMILES string of the molecule is Cc1n[nH]c(C)c1S(=O)(=O)N1CCCN(C(=O)c2ccc3nccnc3c2)CC1. The fourth-order valence-electron chi connectivity index (χ4n) is 3.67. The number of H-pyrrole nitrogens is 1. The van der Waals surface area contributed by atoms with E-state index >= 15 is 0 Å². The molecule has 152 valence electrons. The van der Waals surface area contributed by atoms with Gasteiger partial charge in [0.05, 0.1) is 22.4 Å². The van der Waals surface area contributed by atoms with Crippen LogP contribution in [0.4, 0.5) is 0 Å². The van der Waals surface area contributed by atoms with Gasteiger partial charge in [-0.2, -0.15) is 9.40 Å². The Morgan fingerprint density at radius 1 is 1.03 bits per heavy atom. The zero-order valence-corrected chi connectivity index (χ0v) is 17.1. The van der Waals surface area contributed by atoms with E-state index in [1.807, 2.05) is 0 Å². The quantitative estimate of drug-likeness (QED) is 0.695. The molecule has 2 aromatic heterocycles. The van der Waals surface area contributed by atoms with E-state index in [0.29, 0.717) is 48.5 Å². The lowest BCUT2D eigenvalue weighted by Crippen LogP contribution is -2.37. The van der Waals surface area contributed by atoms with Gasteiger partial charge in [-0.25, -0.2) is 8.42 Å². The number of aromatic nitrogens is 4. The second-order valence-corrected chi connectivity index (χ2v) is 8.95. The third-order valence-corrected chi connectivity index (χ3v) is 7.28. The van der Waals surface area contributed by atoms with Gasteiger partial charge in [0.25, 0.3) is 5.91 Å². The Morgan fingerprint density at radius 3 is 2.52 bits per heavy atom. The van der Waals surface area contributed by atoms with Crippen molar-refractivity contribution in [3.05, 3.63) is 47.5 Å². The van der Waals surface area contributed by atoms with Crippen LogP contribution in [0.25, 0.3) is 11.0 Å². The highest BCUT2D eigenvalue weighted by atomic mass is 32.2. The molecule has 0 saturated carbocycles. The van der Waals surface area contributed by atoms with Crippen molar-refractivity contribution in [1.29, 1.82) is 0 Å². The Bertz CT molecular complexity index is 1150. The first-order chi connectivity index (χ1) is 13.9. The van der Waals surface area contributed by atoms with E-state index in [1.54, 1.807) is 49.3 Å². The van der Waals surface area contributed by atoms with Gasteiger partial charge in [-0.05, 0) is 38.5 Å². The Morgan fingerprint density at radius 2 is 1.79 bits per heavy atom. The largest absolute Gasteiger partial charge is 0.337 e. The molecule has 10 heteroatoms. The molecule has 0 aliphatic carbocycles. The number of benzene rings is 1. The first-order valence-corrected chi connectivity index (χ1v) is 10.8. The van der Waals surface area contributed by atoms with Gasteiger partial charge in [-0.1, -0.05) is 0 Å². The Hall–Kier alpha value is -2.85. The van der Waals surface area contributed by atoms with Crippen molar-refractivity contribution < 1.29 is 13.2 Å². The summed E-state index contributed by atoms with van der Waals surface area (Å²) in [6.07, 6.45) is 3.76. The summed E-state index contributed by atoms with van der Waals surface area (Å²) in [5, 5.41) is 6.73. The van der Waals surface area contributed by atoms with Gasteiger partial charge in [0, 0.05) is 44.1 Å². The van der Waals surface area contributed by atoms with Gasteiger partial charge in [-0.3, -0.25) is 19.9 Å². The van der Waals surface area contributed by atoms with Gasteiger partial charge in [0.2, 0.25) is 10.0 Å². The van der Waals surface area contributed by atoms with Crippen molar-refractivity contribution in [2.45, 2.75) is 25.2 Å². The van der Waals surface area contributed by atoms with Crippen LogP contribution in [0, 0.1) is 13.8 Å². The summed E-state index contributed by atoms with van der Waals surface area (Å²) in [4.78, 5) is 23.4. The van der Waals surface area contributed by atoms with Crippen molar-refractivity contribution in [2.24, 2.45) is 0 Å². The molecule has 3 aromatic rings. The van der Waals surface area contributed by atoms with Crippen molar-refractivity contribution >= 4 is 27.0 Å². The monoisotopic (exact) mass is 414 g/mol. The molecule has 9 nitrogen and oxygen atoms in total. The van der Waals surface area contributed by atoms with Crippen molar-refractivity contribution in [1.82, 2.24) is 29.4 Å². The van der Waals surface area contributed by atoms with Crippen LogP contribution in [0.15, 0.2) is 35.5 Å². The summed E-state index contributed by atoms with van der Waals surface area (Å²) in [6.45, 7) is 4.79. The number of nitrogens with zero attached hydrogens (tertiary/aromatic N) is 5. The minimum absolute atomic E-state index is 0.132. The predicted molar refractivity (Wildman–Crippen MR) is 107 cm³/mol. The highest BCUT2D eigenvalue weighted by Crippen LogP contribution is 2.23. The average molecular weight is 414 g/mol. The van der Waals surface area contributed by atoms with Crippen molar-refractivity contribution in [3.63, 3.8) is 0 Å². The Labute approximate surface area is 168 Å². The zero-order valence-electron chi connectivity index (χ0n) is 16.3. The molecule has 1 aromatic carbocycles. The van der Waals surface area contributed by atoms with Gasteiger partial charge >= 0.3 is 0 Å². The minimum Gasteiger partial charge on any atom is -0.337 e. The van der Waals surface area contributed by atoms with Crippen LogP contribution in [-0.4, -0.2) is 69.9 Å². The van der Waals surface area contributed by atoms with Gasteiger partial charge in [0.1, 0.15) is 4.90 Å². The molecule has 0 spiro atoms. The van der Waals surface area contributed by atoms with Gasteiger partial charge in [-0.15, -0.1) is 0 Å². The standard InChI is InChI=1S/C19H22N6O3S/c1-13-18(14(2)23-22-13)29(27,28)25-9-3-8-24(10-11-25)19(26)15-4-5-16-17(12-15)21-7-6-20-16/h4-7,12H,3,8-11H2,1-2H3,(H,22,23). The van der Waals surface area contributed by atoms with Crippen molar-refractivity contribution in [2.75, 3.05) is 26.2 Å². The maximum atomic E-state index is 13.1. The maximum Gasteiger partial charge on any atom is 0.253 e. The normalized spacial score (nSPS) is 16.1. The molecule has 1 N–H and O–H groups in total. The molecule has 4 rings (SSSR count). The Balaban J connectivity index is 1.53. The number of aryl methyl sites for hydroxylation is 2. The van der Waals surface area contributed by atoms with E-state index < -0.39 is 10.0 Å². The van der Waals surface area contributed by atoms with Crippen LogP contribution in [0.1, 0.15) is 28.2 Å². The molecule has 0 bridgehead atoms. The van der Waals surface area contributed by atoms with Crippen LogP contribution in [0.5, 0.6) is 0 Å². The fourth-order valence-corrected chi connectivity index (χ4v) is 5.47. The topological polar surface area (TPSA) is 112 Å². The van der Waals surface area contributed by atoms with E-state index in [-0.39, 0.29) is 17.3 Å². The number of aromatic amines is 1. The summed E-state index contributed by atoms with van der Waals surface area (Å²) in [6, 6.07) is 5.23. The molecule has 29 heavy (non-hydrogen) atoms. The van der Waals surface area contributed by atoms with Gasteiger partial charge < -0.3 is 4.90 Å². The molecule has 1 amide bonds. The lowest BCUT2D eigenvalue weighted by Gasteiger charge is -2.22. The number of rotatable bonds is 3. The second kappa shape index (κ2) is 7.53. The highest BCUT2D eigenvalue weighted by molar-refractivity contribution is 7.89. The molecule has 1 saturated heterocycles. The molecule has 1 aliphatic heterocycles. The molecule has 0 unspecified atom stereocenters. The Kier molecular flexibility index (Phi) is 5.05. The summed E-state index contributed by atoms with van der Waals surface area (Å²) >= 11 is 0. The summed E-state index contributed by atoms with van der Waals surface area (Å²) < 4.78 is 27.6. The molecular formula is C19H22N6O3S. The van der Waals surface area contributed by atoms with Crippen LogP contribution < -0.4 is 0 Å². The van der Waals surface area contributed by atoms with E-state index in [1.165, 1.54) is 4.31 Å². The number of nitrogens with one attached hydrogen (secondary N) is 1. The zero-order chi connectivity index (χ0) is 20.6. The third kappa shape index (κ3) is 3.60. The molecule has 0 atom stereocenters. The number of hydrogen-bond acceptors (Lipinski definition) is 6. The number of fused-ring (bicyclic) bond motifs is 1. The summed E-state index contributed by atoms with van der Waals surface area (Å²) in [5.41, 5.74) is 2.89. The molecule has 0 radical (unpaired) electrons. The predicted octanol–water partition coefficient (Wildman–Crippen LogP) is 1.51. The molecular weight excluding hydrogens is 392 g/mol. The number of amides is 1. The van der Waals surface area contributed by atoms with Crippen LogP contribution in [-0.2, 0) is 10.0 Å². The maximum absolute atomic E-state index is 13.1. The van der Waals surface area contributed by atoms with E-state index in [9.17, 15) is 13.2 Å². The van der Waals surface area contributed by atoms with Crippen LogP contribution >= 0.6 is 0 Å². The molecule has 1 fully saturated rings. The van der Waals surface area contributed by atoms with Crippen LogP contribution in [0.3, 0.4) is 0 Å². The van der Waals surface area contributed by atoms with E-state index in [4.69, 9.17) is 0 Å². The fraction of sp³-hybridized carbons (Fsp3) is 0.368. The summed E-state index contributed by atoms with van der Waals surface area (Å²) in [7, 11) is -3.66. The van der Waals surface area contributed by atoms with E-state index in [0.717, 1.165) is 5.52 Å². The van der Waals surface area contributed by atoms with Crippen LogP contribution in [0.2, 0.25) is 0 Å². The summed E-state index contributed by atoms with van der Waals surface area (Å²) in [5.74, 6) is -0.132. The number of sulfonamides is 1. The smallest absolute Gasteiger partial charge is 0.253 e. The highest BCUT2D eigenvalue weighted by Gasteiger charge is 2.32. The molecule has 1 aliphatic rings. The molecule has 3 heterocycles. The number of carbonyl (C=O) groups excluding carboxylic acids is 1. The lowest BCUT2D eigenvalue weighted by molar-refractivity contribution is 0.0764. The number of hydrogen-bond donors (Lipinski definition) is 1. The minimum atomic E-state index is -3.66. The first kappa shape index (κ1) is 19.5. The first-order valence-electron chi connectivity index (χ1n) is 9.39.